The lowest BCUT2D eigenvalue weighted by Crippen LogP contribution is -2.45. The van der Waals surface area contributed by atoms with Gasteiger partial charge in [0.1, 0.15) is 0 Å². The molecule has 2 rings (SSSR count). The Kier molecular flexibility index (Phi) is 2.44. The third-order valence-electron chi connectivity index (χ3n) is 5.19. The van der Waals surface area contributed by atoms with Crippen LogP contribution in [0.15, 0.2) is 0 Å². The van der Waals surface area contributed by atoms with Crippen LogP contribution in [0, 0.1) is 22.7 Å². The summed E-state index contributed by atoms with van der Waals surface area (Å²) in [5.41, 5.74) is 1.25. The predicted octanol–water partition coefficient (Wildman–Crippen LogP) is 4.64. The zero-order chi connectivity index (χ0) is 10.4. The van der Waals surface area contributed by atoms with E-state index in [9.17, 15) is 0 Å². The quantitative estimate of drug-likeness (QED) is 0.527. The summed E-state index contributed by atoms with van der Waals surface area (Å²) in [5.74, 6) is 2.03. The van der Waals surface area contributed by atoms with Crippen molar-refractivity contribution in [3.8, 4) is 0 Å². The second-order valence-corrected chi connectivity index (χ2v) is 6.97. The molecule has 0 aliphatic heterocycles. The highest BCUT2D eigenvalue weighted by molar-refractivity contribution is 4.97. The maximum Gasteiger partial charge on any atom is -0.0323 e. The maximum absolute atomic E-state index is 2.51. The van der Waals surface area contributed by atoms with Gasteiger partial charge in [0.05, 0.1) is 0 Å². The number of fused-ring (bicyclic) bond motifs is 1. The summed E-state index contributed by atoms with van der Waals surface area (Å²) in [6.45, 7) is 10.0. The highest BCUT2D eigenvalue weighted by atomic mass is 14.5. The fourth-order valence-electron chi connectivity index (χ4n) is 4.02. The van der Waals surface area contributed by atoms with Crippen molar-refractivity contribution in [2.24, 2.45) is 22.7 Å². The molecule has 2 saturated carbocycles. The zero-order valence-corrected chi connectivity index (χ0v) is 10.4. The predicted molar refractivity (Wildman–Crippen MR) is 62.2 cm³/mol. The van der Waals surface area contributed by atoms with Gasteiger partial charge in [-0.05, 0) is 48.3 Å². The Morgan fingerprint density at radius 2 is 1.07 bits per heavy atom. The number of rotatable bonds is 0. The molecule has 0 aromatic heterocycles. The van der Waals surface area contributed by atoms with Crippen molar-refractivity contribution in [2.45, 2.75) is 66.2 Å². The second-order valence-electron chi connectivity index (χ2n) is 6.97. The molecular weight excluding hydrogens is 168 g/mol. The summed E-state index contributed by atoms with van der Waals surface area (Å²) >= 11 is 0. The molecule has 0 spiro atoms. The Morgan fingerprint density at radius 3 is 1.43 bits per heavy atom. The first-order valence-corrected chi connectivity index (χ1v) is 6.43. The number of hydrogen-bond acceptors (Lipinski definition) is 0. The van der Waals surface area contributed by atoms with Crippen LogP contribution in [-0.2, 0) is 0 Å². The molecule has 0 bridgehead atoms. The van der Waals surface area contributed by atoms with Gasteiger partial charge in [0.25, 0.3) is 0 Å². The molecule has 0 aromatic carbocycles. The molecule has 0 saturated heterocycles. The highest BCUT2D eigenvalue weighted by Gasteiger charge is 2.47. The minimum absolute atomic E-state index is 0.626. The van der Waals surface area contributed by atoms with E-state index >= 15 is 0 Å². The average Bonchev–Trinajstić information content (AvgIpc) is 2.14. The molecule has 0 nitrogen and oxygen atoms in total. The summed E-state index contributed by atoms with van der Waals surface area (Å²) in [6, 6.07) is 0. The van der Waals surface area contributed by atoms with Gasteiger partial charge in [0.15, 0.2) is 0 Å². The van der Waals surface area contributed by atoms with Crippen LogP contribution >= 0.6 is 0 Å². The molecule has 0 heterocycles. The normalized spacial score (nSPS) is 40.3. The summed E-state index contributed by atoms with van der Waals surface area (Å²) in [7, 11) is 0. The molecule has 0 aromatic rings. The molecule has 2 unspecified atom stereocenters. The van der Waals surface area contributed by atoms with E-state index in [1.54, 1.807) is 0 Å². The largest absolute Gasteiger partial charge is 0.0596 e. The third-order valence-corrected chi connectivity index (χ3v) is 5.19. The van der Waals surface area contributed by atoms with Gasteiger partial charge in [-0.2, -0.15) is 0 Å². The van der Waals surface area contributed by atoms with Crippen LogP contribution in [0.3, 0.4) is 0 Å². The summed E-state index contributed by atoms with van der Waals surface area (Å²) in [4.78, 5) is 0. The van der Waals surface area contributed by atoms with Crippen LogP contribution in [-0.4, -0.2) is 0 Å². The van der Waals surface area contributed by atoms with Crippen LogP contribution in [0.1, 0.15) is 66.2 Å². The van der Waals surface area contributed by atoms with Crippen molar-refractivity contribution in [1.82, 2.24) is 0 Å². The Hall–Kier alpha value is 0. The van der Waals surface area contributed by atoms with E-state index in [4.69, 9.17) is 0 Å². The molecule has 0 radical (unpaired) electrons. The van der Waals surface area contributed by atoms with Crippen molar-refractivity contribution in [2.75, 3.05) is 0 Å². The van der Waals surface area contributed by atoms with Gasteiger partial charge in [-0.25, -0.2) is 0 Å². The highest BCUT2D eigenvalue weighted by Crippen LogP contribution is 2.57. The van der Waals surface area contributed by atoms with Crippen LogP contribution in [0.5, 0.6) is 0 Å². The summed E-state index contributed by atoms with van der Waals surface area (Å²) in [6.07, 6.45) is 8.87. The molecule has 2 aliphatic carbocycles. The van der Waals surface area contributed by atoms with E-state index in [0.717, 1.165) is 11.8 Å². The second kappa shape index (κ2) is 3.25. The standard InChI is InChI=1S/C14H26/c1-13(2)9-10-14(3,4)12-8-6-5-7-11(12)13/h11-12H,5-10H2,1-4H3. The van der Waals surface area contributed by atoms with E-state index in [2.05, 4.69) is 27.7 Å². The zero-order valence-electron chi connectivity index (χ0n) is 10.4. The van der Waals surface area contributed by atoms with Crippen molar-refractivity contribution in [1.29, 1.82) is 0 Å². The van der Waals surface area contributed by atoms with Gasteiger partial charge >= 0.3 is 0 Å². The maximum atomic E-state index is 2.51. The molecule has 2 atom stereocenters. The Balaban J connectivity index is 2.22. The Morgan fingerprint density at radius 1 is 0.714 bits per heavy atom. The van der Waals surface area contributed by atoms with Crippen LogP contribution in [0.4, 0.5) is 0 Å². The van der Waals surface area contributed by atoms with E-state index < -0.39 is 0 Å². The van der Waals surface area contributed by atoms with Gasteiger partial charge in [-0.15, -0.1) is 0 Å². The monoisotopic (exact) mass is 194 g/mol. The van der Waals surface area contributed by atoms with Crippen molar-refractivity contribution in [3.05, 3.63) is 0 Å². The first kappa shape index (κ1) is 10.5. The smallest absolute Gasteiger partial charge is 0.0323 e. The van der Waals surface area contributed by atoms with Gasteiger partial charge in [0.2, 0.25) is 0 Å². The van der Waals surface area contributed by atoms with Gasteiger partial charge in [-0.1, -0.05) is 40.5 Å². The lowest BCUT2D eigenvalue weighted by molar-refractivity contribution is -0.0444. The SMILES string of the molecule is CC1(C)CCC(C)(C)C2CCCCC21. The van der Waals surface area contributed by atoms with Crippen molar-refractivity contribution >= 4 is 0 Å². The Bertz CT molecular complexity index is 188. The molecule has 0 amide bonds. The molecule has 2 fully saturated rings. The fraction of sp³-hybridized carbons (Fsp3) is 1.00. The van der Waals surface area contributed by atoms with E-state index in [1.807, 2.05) is 0 Å². The average molecular weight is 194 g/mol. The lowest BCUT2D eigenvalue weighted by atomic mass is 9.51. The minimum Gasteiger partial charge on any atom is -0.0596 e. The third kappa shape index (κ3) is 1.61. The van der Waals surface area contributed by atoms with Gasteiger partial charge < -0.3 is 0 Å². The lowest BCUT2D eigenvalue weighted by Gasteiger charge is -2.54. The summed E-state index contributed by atoms with van der Waals surface area (Å²) < 4.78 is 0. The van der Waals surface area contributed by atoms with Crippen LogP contribution in [0.25, 0.3) is 0 Å². The first-order chi connectivity index (χ1) is 6.43. The molecule has 82 valence electrons. The van der Waals surface area contributed by atoms with E-state index in [-0.39, 0.29) is 0 Å². The molecule has 0 heteroatoms. The van der Waals surface area contributed by atoms with E-state index in [1.165, 1.54) is 38.5 Å². The van der Waals surface area contributed by atoms with Crippen LogP contribution < -0.4 is 0 Å². The molecule has 2 aliphatic rings. The minimum atomic E-state index is 0.626. The van der Waals surface area contributed by atoms with Crippen LogP contribution in [0.2, 0.25) is 0 Å². The molecular formula is C14H26. The molecule has 14 heavy (non-hydrogen) atoms. The van der Waals surface area contributed by atoms with E-state index in [0.29, 0.717) is 10.8 Å². The summed E-state index contributed by atoms with van der Waals surface area (Å²) in [5, 5.41) is 0. The van der Waals surface area contributed by atoms with Gasteiger partial charge in [0, 0.05) is 0 Å². The first-order valence-electron chi connectivity index (χ1n) is 6.43. The van der Waals surface area contributed by atoms with Gasteiger partial charge in [-0.3, -0.25) is 0 Å². The van der Waals surface area contributed by atoms with Crippen molar-refractivity contribution in [3.63, 3.8) is 0 Å². The topological polar surface area (TPSA) is 0 Å². The molecule has 0 N–H and O–H groups in total. The fourth-order valence-corrected chi connectivity index (χ4v) is 4.02. The van der Waals surface area contributed by atoms with Crippen molar-refractivity contribution < 1.29 is 0 Å². The Labute approximate surface area is 89.5 Å². The number of hydrogen-bond donors (Lipinski definition) is 0.